The number of alkyl halides is 3. The summed E-state index contributed by atoms with van der Waals surface area (Å²) in [5, 5.41) is 26.3. The van der Waals surface area contributed by atoms with Crippen molar-refractivity contribution in [2.75, 3.05) is 58.2 Å². The lowest BCUT2D eigenvalue weighted by Crippen LogP contribution is -2.34. The molecule has 1 aliphatic heterocycles. The van der Waals surface area contributed by atoms with Crippen LogP contribution in [0.25, 0.3) is 0 Å². The van der Waals surface area contributed by atoms with Crippen LogP contribution in [0.5, 0.6) is 23.0 Å². The maximum atomic E-state index is 13.4. The number of nitro benzene ring substituents is 2. The molecular formula is C28H28F3N3O10. The summed E-state index contributed by atoms with van der Waals surface area (Å²) in [5.41, 5.74) is -4.57. The zero-order chi connectivity index (χ0) is 31.5. The van der Waals surface area contributed by atoms with Gasteiger partial charge in [-0.1, -0.05) is 24.3 Å². The van der Waals surface area contributed by atoms with E-state index in [2.05, 4.69) is 5.32 Å². The van der Waals surface area contributed by atoms with Crippen LogP contribution in [0.1, 0.15) is 5.56 Å². The number of fused-ring (bicyclic) bond motifs is 2. The van der Waals surface area contributed by atoms with E-state index in [-0.39, 0.29) is 63.3 Å². The number of para-hydroxylation sites is 4. The second-order valence-electron chi connectivity index (χ2n) is 9.18. The highest BCUT2D eigenvalue weighted by Gasteiger charge is 2.38. The Balaban J connectivity index is 1.69. The van der Waals surface area contributed by atoms with Gasteiger partial charge in [0.05, 0.1) is 47.9 Å². The lowest BCUT2D eigenvalue weighted by Gasteiger charge is -2.22. The van der Waals surface area contributed by atoms with E-state index in [1.807, 2.05) is 0 Å². The van der Waals surface area contributed by atoms with Crippen molar-refractivity contribution in [2.24, 2.45) is 0 Å². The van der Waals surface area contributed by atoms with E-state index >= 15 is 0 Å². The van der Waals surface area contributed by atoms with Gasteiger partial charge in [-0.2, -0.15) is 13.2 Å². The van der Waals surface area contributed by atoms with Crippen LogP contribution in [-0.2, 0) is 15.7 Å². The van der Waals surface area contributed by atoms with Gasteiger partial charge in [0.25, 0.3) is 11.4 Å². The highest BCUT2D eigenvalue weighted by atomic mass is 19.4. The smallest absolute Gasteiger partial charge is 0.416 e. The molecule has 1 heterocycles. The minimum absolute atomic E-state index is 0.174. The van der Waals surface area contributed by atoms with E-state index in [9.17, 15) is 33.4 Å². The number of nitrogens with one attached hydrogen (secondary N) is 1. The van der Waals surface area contributed by atoms with Crippen LogP contribution < -0.4 is 24.3 Å². The standard InChI is InChI=1S/C28H28F3N3O10/c29-28(30,31)19-15-21(33(35)36)27(22(16-19)34(37)38)32-20-17-43-25-7-3-1-5-23(25)41-13-11-39-9-10-40-12-14-42-24-6-2-4-8-26(24)44-18-20/h1-8,15-16,20,32H,9-14,17-18H2. The molecule has 0 saturated carbocycles. The second kappa shape index (κ2) is 15.1. The van der Waals surface area contributed by atoms with Crippen LogP contribution in [0.2, 0.25) is 0 Å². The molecule has 0 amide bonds. The number of ether oxygens (including phenoxy) is 6. The second-order valence-corrected chi connectivity index (χ2v) is 9.18. The molecule has 0 saturated heterocycles. The van der Waals surface area contributed by atoms with Gasteiger partial charge in [-0.3, -0.25) is 20.2 Å². The fraction of sp³-hybridized carbons (Fsp3) is 0.357. The van der Waals surface area contributed by atoms with Crippen LogP contribution in [-0.4, -0.2) is 68.7 Å². The molecular weight excluding hydrogens is 595 g/mol. The average Bonchev–Trinajstić information content (AvgIpc) is 2.99. The van der Waals surface area contributed by atoms with Crippen LogP contribution in [0, 0.1) is 20.2 Å². The highest BCUT2D eigenvalue weighted by Crippen LogP contribution is 2.41. The summed E-state index contributed by atoms with van der Waals surface area (Å²) in [6.45, 7) is 0.905. The Bertz CT molecular complexity index is 1350. The fourth-order valence-corrected chi connectivity index (χ4v) is 4.05. The van der Waals surface area contributed by atoms with Gasteiger partial charge in [-0.15, -0.1) is 0 Å². The molecule has 13 nitrogen and oxygen atoms in total. The van der Waals surface area contributed by atoms with E-state index in [0.717, 1.165) is 0 Å². The largest absolute Gasteiger partial charge is 0.487 e. The fourth-order valence-electron chi connectivity index (χ4n) is 4.05. The molecule has 0 aromatic heterocycles. The zero-order valence-corrected chi connectivity index (χ0v) is 23.1. The quantitative estimate of drug-likeness (QED) is 0.299. The van der Waals surface area contributed by atoms with Gasteiger partial charge in [0.15, 0.2) is 28.7 Å². The van der Waals surface area contributed by atoms with E-state index < -0.39 is 44.7 Å². The summed E-state index contributed by atoms with van der Waals surface area (Å²) < 4.78 is 74.7. The molecule has 0 atom stereocenters. The van der Waals surface area contributed by atoms with Crippen molar-refractivity contribution in [3.8, 4) is 23.0 Å². The molecule has 44 heavy (non-hydrogen) atoms. The number of nitrogens with zero attached hydrogens (tertiary/aromatic N) is 2. The zero-order valence-electron chi connectivity index (χ0n) is 23.1. The molecule has 4 rings (SSSR count). The number of anilines is 1. The third kappa shape index (κ3) is 8.84. The summed E-state index contributed by atoms with van der Waals surface area (Å²) >= 11 is 0. The molecule has 0 bridgehead atoms. The van der Waals surface area contributed by atoms with Gasteiger partial charge in [-0.05, 0) is 24.3 Å². The molecule has 236 valence electrons. The summed E-state index contributed by atoms with van der Waals surface area (Å²) in [6, 6.07) is 12.6. The van der Waals surface area contributed by atoms with Crippen molar-refractivity contribution in [1.82, 2.24) is 0 Å². The molecule has 1 N–H and O–H groups in total. The van der Waals surface area contributed by atoms with Crippen molar-refractivity contribution in [1.29, 1.82) is 0 Å². The molecule has 0 spiro atoms. The summed E-state index contributed by atoms with van der Waals surface area (Å²) in [4.78, 5) is 21.4. The molecule has 0 fully saturated rings. The molecule has 0 unspecified atom stereocenters. The molecule has 3 aromatic rings. The Hall–Kier alpha value is -4.83. The maximum absolute atomic E-state index is 13.4. The van der Waals surface area contributed by atoms with Gasteiger partial charge < -0.3 is 33.7 Å². The SMILES string of the molecule is O=[N+]([O-])c1cc(C(F)(F)F)cc([N+](=O)[O-])c1NC1COc2ccccc2OCCOCCOCCOc2ccccc2OC1. The Kier molecular flexibility index (Phi) is 11.0. The Morgan fingerprint density at radius 2 is 1.05 bits per heavy atom. The number of nitro groups is 2. The van der Waals surface area contributed by atoms with Gasteiger partial charge in [-0.25, -0.2) is 0 Å². The lowest BCUT2D eigenvalue weighted by molar-refractivity contribution is -0.392. The number of hydrogen-bond acceptors (Lipinski definition) is 11. The Labute approximate surface area is 248 Å². The number of rotatable bonds is 4. The van der Waals surface area contributed by atoms with E-state index in [1.165, 1.54) is 0 Å². The van der Waals surface area contributed by atoms with Crippen LogP contribution in [0.4, 0.5) is 30.2 Å². The molecule has 0 aliphatic carbocycles. The Morgan fingerprint density at radius 1 is 0.659 bits per heavy atom. The van der Waals surface area contributed by atoms with E-state index in [4.69, 9.17) is 28.4 Å². The average molecular weight is 624 g/mol. The van der Waals surface area contributed by atoms with Crippen LogP contribution in [0.15, 0.2) is 60.7 Å². The summed E-state index contributed by atoms with van der Waals surface area (Å²) in [5.74, 6) is 1.21. The van der Waals surface area contributed by atoms with E-state index in [0.29, 0.717) is 24.7 Å². The highest BCUT2D eigenvalue weighted by molar-refractivity contribution is 5.75. The first-order valence-corrected chi connectivity index (χ1v) is 13.3. The third-order valence-electron chi connectivity index (χ3n) is 6.09. The van der Waals surface area contributed by atoms with Crippen molar-refractivity contribution >= 4 is 17.1 Å². The van der Waals surface area contributed by atoms with Crippen molar-refractivity contribution in [3.63, 3.8) is 0 Å². The van der Waals surface area contributed by atoms with E-state index in [1.54, 1.807) is 48.5 Å². The predicted molar refractivity (Wildman–Crippen MR) is 149 cm³/mol. The van der Waals surface area contributed by atoms with Crippen LogP contribution in [0.3, 0.4) is 0 Å². The third-order valence-corrected chi connectivity index (χ3v) is 6.09. The first kappa shape index (κ1) is 32.1. The van der Waals surface area contributed by atoms with Gasteiger partial charge in [0.2, 0.25) is 0 Å². The summed E-state index contributed by atoms with van der Waals surface area (Å²) in [7, 11) is 0. The van der Waals surface area contributed by atoms with Crippen LogP contribution >= 0.6 is 0 Å². The van der Waals surface area contributed by atoms with Crippen molar-refractivity contribution < 1.29 is 51.4 Å². The molecule has 1 aliphatic rings. The van der Waals surface area contributed by atoms with Gasteiger partial charge >= 0.3 is 6.18 Å². The molecule has 0 radical (unpaired) electrons. The monoisotopic (exact) mass is 623 g/mol. The topological polar surface area (TPSA) is 154 Å². The summed E-state index contributed by atoms with van der Waals surface area (Å²) in [6.07, 6.45) is -5.07. The first-order valence-electron chi connectivity index (χ1n) is 13.3. The number of hydrogen-bond donors (Lipinski definition) is 1. The van der Waals surface area contributed by atoms with Gasteiger partial charge in [0, 0.05) is 12.1 Å². The number of halogens is 3. The molecule has 3 aromatic carbocycles. The minimum atomic E-state index is -5.07. The Morgan fingerprint density at radius 3 is 1.43 bits per heavy atom. The van der Waals surface area contributed by atoms with Crippen molar-refractivity contribution in [2.45, 2.75) is 12.2 Å². The maximum Gasteiger partial charge on any atom is 0.416 e. The normalized spacial score (nSPS) is 15.7. The molecule has 16 heteroatoms. The predicted octanol–water partition coefficient (Wildman–Crippen LogP) is 5.26. The van der Waals surface area contributed by atoms with Crippen molar-refractivity contribution in [3.05, 3.63) is 86.5 Å². The number of benzene rings is 3. The first-order chi connectivity index (χ1) is 21.1. The minimum Gasteiger partial charge on any atom is -0.487 e. The lowest BCUT2D eigenvalue weighted by atomic mass is 10.1. The van der Waals surface area contributed by atoms with Gasteiger partial charge in [0.1, 0.15) is 26.4 Å².